The minimum atomic E-state index is -0.758. The largest absolute Gasteiger partial charge is 0.441 e. The van der Waals surface area contributed by atoms with Crippen molar-refractivity contribution >= 4 is 16.8 Å². The van der Waals surface area contributed by atoms with Gasteiger partial charge in [0.15, 0.2) is 11.5 Å². The van der Waals surface area contributed by atoms with Gasteiger partial charge in [-0.1, -0.05) is 6.92 Å². The molecule has 1 heterocycles. The zero-order chi connectivity index (χ0) is 13.0. The summed E-state index contributed by atoms with van der Waals surface area (Å²) in [6.45, 7) is 2.13. The van der Waals surface area contributed by atoms with E-state index < -0.39 is 6.10 Å². The summed E-state index contributed by atoms with van der Waals surface area (Å²) in [4.78, 5) is 4.37. The Morgan fingerprint density at radius 3 is 3.00 bits per heavy atom. The van der Waals surface area contributed by atoms with Crippen LogP contribution in [0.1, 0.15) is 19.2 Å². The second-order valence-corrected chi connectivity index (χ2v) is 4.26. The molecule has 98 valence electrons. The third-order valence-corrected chi connectivity index (χ3v) is 2.65. The zero-order valence-corrected chi connectivity index (χ0v) is 10.4. The van der Waals surface area contributed by atoms with Gasteiger partial charge in [-0.15, -0.1) is 0 Å². The van der Waals surface area contributed by atoms with E-state index in [2.05, 4.69) is 17.2 Å². The maximum Gasteiger partial charge on any atom is 0.195 e. The highest BCUT2D eigenvalue weighted by Gasteiger charge is 2.06. The second-order valence-electron chi connectivity index (χ2n) is 4.26. The van der Waals surface area contributed by atoms with Crippen molar-refractivity contribution in [2.24, 2.45) is 0 Å². The van der Waals surface area contributed by atoms with Crippen LogP contribution in [0.5, 0.6) is 0 Å². The summed E-state index contributed by atoms with van der Waals surface area (Å²) in [5.41, 5.74) is 2.42. The number of hydrogen-bond acceptors (Lipinski definition) is 5. The van der Waals surface area contributed by atoms with Gasteiger partial charge in [-0.05, 0) is 18.6 Å². The lowest BCUT2D eigenvalue weighted by molar-refractivity contribution is 0.105. The van der Waals surface area contributed by atoms with Gasteiger partial charge in [0.1, 0.15) is 5.52 Å². The molecule has 0 amide bonds. The molecule has 18 heavy (non-hydrogen) atoms. The van der Waals surface area contributed by atoms with E-state index in [4.69, 9.17) is 9.52 Å². The summed E-state index contributed by atoms with van der Waals surface area (Å²) in [6, 6.07) is 5.61. The van der Waals surface area contributed by atoms with E-state index in [1.165, 1.54) is 0 Å². The van der Waals surface area contributed by atoms with Gasteiger partial charge < -0.3 is 19.9 Å². The van der Waals surface area contributed by atoms with Gasteiger partial charge in [0, 0.05) is 24.7 Å². The van der Waals surface area contributed by atoms with Gasteiger partial charge in [-0.25, -0.2) is 4.98 Å². The molecule has 0 radical (unpaired) electrons. The van der Waals surface area contributed by atoms with Gasteiger partial charge in [0.25, 0.3) is 0 Å². The number of fused-ring (bicyclic) bond motifs is 1. The fourth-order valence-electron chi connectivity index (χ4n) is 1.70. The normalized spacial score (nSPS) is 12.8. The summed E-state index contributed by atoms with van der Waals surface area (Å²) >= 11 is 0. The van der Waals surface area contributed by atoms with Crippen molar-refractivity contribution in [1.82, 2.24) is 4.98 Å². The minimum absolute atomic E-state index is 0.252. The number of hydrogen-bond donors (Lipinski definition) is 3. The molecule has 1 unspecified atom stereocenters. The van der Waals surface area contributed by atoms with Crippen LogP contribution < -0.4 is 5.32 Å². The maximum atomic E-state index is 9.26. The molecule has 0 aliphatic rings. The number of nitrogens with one attached hydrogen (secondary N) is 1. The van der Waals surface area contributed by atoms with Crippen LogP contribution in [0.2, 0.25) is 0 Å². The molecule has 0 bridgehead atoms. The molecule has 0 saturated carbocycles. The Morgan fingerprint density at radius 1 is 1.44 bits per heavy atom. The molecular formula is C13H18N2O3. The van der Waals surface area contributed by atoms with E-state index in [9.17, 15) is 5.11 Å². The van der Waals surface area contributed by atoms with E-state index in [0.29, 0.717) is 6.54 Å². The van der Waals surface area contributed by atoms with E-state index in [-0.39, 0.29) is 6.61 Å². The number of nitrogens with zero attached hydrogens (tertiary/aromatic N) is 1. The van der Waals surface area contributed by atoms with Crippen molar-refractivity contribution in [1.29, 1.82) is 0 Å². The highest BCUT2D eigenvalue weighted by Crippen LogP contribution is 2.20. The second kappa shape index (κ2) is 5.84. The molecule has 0 aliphatic carbocycles. The lowest BCUT2D eigenvalue weighted by Crippen LogP contribution is -2.22. The molecule has 2 aromatic rings. The first-order chi connectivity index (χ1) is 8.72. The molecule has 1 aromatic carbocycles. The Balaban J connectivity index is 2.11. The minimum Gasteiger partial charge on any atom is -0.441 e. The quantitative estimate of drug-likeness (QED) is 0.725. The van der Waals surface area contributed by atoms with Crippen LogP contribution in [0.3, 0.4) is 0 Å². The molecule has 5 nitrogen and oxygen atoms in total. The van der Waals surface area contributed by atoms with Gasteiger partial charge in [-0.3, -0.25) is 0 Å². The first-order valence-electron chi connectivity index (χ1n) is 6.15. The first kappa shape index (κ1) is 12.9. The molecule has 0 saturated heterocycles. The topological polar surface area (TPSA) is 78.5 Å². The summed E-state index contributed by atoms with van der Waals surface area (Å²) in [5.74, 6) is 0.750. The number of anilines is 1. The monoisotopic (exact) mass is 250 g/mol. The average Bonchev–Trinajstić information content (AvgIpc) is 2.77. The Labute approximate surface area is 105 Å². The smallest absolute Gasteiger partial charge is 0.195 e. The van der Waals surface area contributed by atoms with Gasteiger partial charge in [-0.2, -0.15) is 0 Å². The molecule has 0 fully saturated rings. The summed E-state index contributed by atoms with van der Waals surface area (Å²) < 4.78 is 5.62. The van der Waals surface area contributed by atoms with E-state index in [1.807, 2.05) is 18.2 Å². The predicted molar refractivity (Wildman–Crippen MR) is 69.6 cm³/mol. The molecular weight excluding hydrogens is 232 g/mol. The van der Waals surface area contributed by atoms with Crippen molar-refractivity contribution in [2.45, 2.75) is 25.9 Å². The van der Waals surface area contributed by atoms with Crippen LogP contribution >= 0.6 is 0 Å². The van der Waals surface area contributed by atoms with Gasteiger partial charge >= 0.3 is 0 Å². The Hall–Kier alpha value is -1.59. The van der Waals surface area contributed by atoms with Crippen molar-refractivity contribution < 1.29 is 14.6 Å². The molecule has 1 atom stereocenters. The van der Waals surface area contributed by atoms with Crippen LogP contribution in [-0.2, 0) is 6.42 Å². The number of rotatable bonds is 6. The number of aryl methyl sites for hydroxylation is 1. The summed E-state index contributed by atoms with van der Waals surface area (Å²) in [6.07, 6.45) is 1.08. The standard InChI is InChI=1S/C13H18N2O3/c1-2-3-13-15-11-5-4-9(6-12(11)18-13)14-7-10(17)8-16/h4-6,10,14,16-17H,2-3,7-8H2,1H3. The Morgan fingerprint density at radius 2 is 2.28 bits per heavy atom. The Kier molecular flexibility index (Phi) is 4.17. The van der Waals surface area contributed by atoms with Crippen molar-refractivity contribution in [3.8, 4) is 0 Å². The third-order valence-electron chi connectivity index (χ3n) is 2.65. The van der Waals surface area contributed by atoms with Crippen LogP contribution in [0.15, 0.2) is 22.6 Å². The van der Waals surface area contributed by atoms with Crippen molar-refractivity contribution in [3.05, 3.63) is 24.1 Å². The highest BCUT2D eigenvalue weighted by atomic mass is 16.3. The SMILES string of the molecule is CCCc1nc2ccc(NCC(O)CO)cc2o1. The number of oxazole rings is 1. The van der Waals surface area contributed by atoms with Crippen LogP contribution in [-0.4, -0.2) is 34.5 Å². The molecule has 5 heteroatoms. The number of aliphatic hydroxyl groups excluding tert-OH is 2. The van der Waals surface area contributed by atoms with Crippen molar-refractivity contribution in [2.75, 3.05) is 18.5 Å². The molecule has 2 rings (SSSR count). The fourth-order valence-corrected chi connectivity index (χ4v) is 1.70. The summed E-state index contributed by atoms with van der Waals surface area (Å²) in [7, 11) is 0. The van der Waals surface area contributed by atoms with E-state index in [1.54, 1.807) is 0 Å². The maximum absolute atomic E-state index is 9.26. The van der Waals surface area contributed by atoms with E-state index in [0.717, 1.165) is 35.5 Å². The predicted octanol–water partition coefficient (Wildman–Crippen LogP) is 1.55. The van der Waals surface area contributed by atoms with E-state index >= 15 is 0 Å². The Bertz CT molecular complexity index is 510. The average molecular weight is 250 g/mol. The molecule has 0 aliphatic heterocycles. The lowest BCUT2D eigenvalue weighted by Gasteiger charge is -2.09. The molecule has 1 aromatic heterocycles. The molecule has 3 N–H and O–H groups in total. The fraction of sp³-hybridized carbons (Fsp3) is 0.462. The lowest BCUT2D eigenvalue weighted by atomic mass is 10.2. The van der Waals surface area contributed by atoms with Crippen LogP contribution in [0.25, 0.3) is 11.1 Å². The van der Waals surface area contributed by atoms with Gasteiger partial charge in [0.05, 0.1) is 12.7 Å². The first-order valence-corrected chi connectivity index (χ1v) is 6.15. The number of aliphatic hydroxyl groups is 2. The van der Waals surface area contributed by atoms with Crippen molar-refractivity contribution in [3.63, 3.8) is 0 Å². The van der Waals surface area contributed by atoms with Gasteiger partial charge in [0.2, 0.25) is 0 Å². The zero-order valence-electron chi connectivity index (χ0n) is 10.4. The summed E-state index contributed by atoms with van der Waals surface area (Å²) in [5, 5.41) is 21.0. The van der Waals surface area contributed by atoms with Crippen LogP contribution in [0, 0.1) is 0 Å². The number of aromatic nitrogens is 1. The van der Waals surface area contributed by atoms with Crippen LogP contribution in [0.4, 0.5) is 5.69 Å². The number of benzene rings is 1. The highest BCUT2D eigenvalue weighted by molar-refractivity contribution is 5.77. The third kappa shape index (κ3) is 3.00. The molecule has 0 spiro atoms.